The van der Waals surface area contributed by atoms with Crippen LogP contribution in [0.25, 0.3) is 32.7 Å². The van der Waals surface area contributed by atoms with Gasteiger partial charge < -0.3 is 0 Å². The Bertz CT molecular complexity index is 1870. The fraction of sp³-hybridized carbons (Fsp3) is 0.0556. The van der Waals surface area contributed by atoms with Crippen molar-refractivity contribution in [1.82, 2.24) is 0 Å². The molecule has 0 aliphatic rings. The highest BCUT2D eigenvalue weighted by atomic mass is 19.1. The SMILES string of the molecule is Bc1ccc(-c2ccc(/C(F)=N/C(=N\C(C)c3ccc4ccccc4c3)c3ccc4ccccc4c3)cc2)cc1. The number of aliphatic imine (C=N–C) groups is 2. The molecular formula is C36H28BFN2. The van der Waals surface area contributed by atoms with Crippen molar-refractivity contribution in [3.8, 4) is 11.1 Å². The molecule has 0 heterocycles. The maximum Gasteiger partial charge on any atom is 0.222 e. The van der Waals surface area contributed by atoms with Crippen molar-refractivity contribution in [2.45, 2.75) is 13.0 Å². The summed E-state index contributed by atoms with van der Waals surface area (Å²) in [5.41, 5.74) is 5.58. The second kappa shape index (κ2) is 11.1. The van der Waals surface area contributed by atoms with E-state index in [4.69, 9.17) is 4.99 Å². The minimum absolute atomic E-state index is 0.216. The third kappa shape index (κ3) is 5.48. The Morgan fingerprint density at radius 1 is 0.600 bits per heavy atom. The van der Waals surface area contributed by atoms with Gasteiger partial charge in [-0.05, 0) is 69.4 Å². The topological polar surface area (TPSA) is 24.7 Å². The molecule has 1 unspecified atom stereocenters. The summed E-state index contributed by atoms with van der Waals surface area (Å²) in [5, 5.41) is 4.50. The predicted molar refractivity (Wildman–Crippen MR) is 171 cm³/mol. The van der Waals surface area contributed by atoms with Gasteiger partial charge in [0.1, 0.15) is 7.85 Å². The molecule has 0 bridgehead atoms. The monoisotopic (exact) mass is 518 g/mol. The summed E-state index contributed by atoms with van der Waals surface area (Å²) < 4.78 is 15.7. The first kappa shape index (κ1) is 25.5. The molecule has 6 rings (SSSR count). The van der Waals surface area contributed by atoms with Gasteiger partial charge >= 0.3 is 0 Å². The molecule has 192 valence electrons. The zero-order valence-electron chi connectivity index (χ0n) is 22.6. The van der Waals surface area contributed by atoms with E-state index in [1.807, 2.05) is 67.6 Å². The van der Waals surface area contributed by atoms with E-state index < -0.39 is 5.97 Å². The van der Waals surface area contributed by atoms with E-state index in [9.17, 15) is 0 Å². The molecule has 0 saturated carbocycles. The van der Waals surface area contributed by atoms with Gasteiger partial charge in [-0.2, -0.15) is 9.38 Å². The molecule has 0 aromatic heterocycles. The number of amidine groups is 1. The van der Waals surface area contributed by atoms with Crippen LogP contribution in [0.3, 0.4) is 0 Å². The Labute approximate surface area is 235 Å². The van der Waals surface area contributed by atoms with Gasteiger partial charge in [-0.1, -0.05) is 115 Å². The van der Waals surface area contributed by atoms with E-state index in [0.29, 0.717) is 11.4 Å². The van der Waals surface area contributed by atoms with Crippen molar-refractivity contribution in [1.29, 1.82) is 0 Å². The number of hydrogen-bond donors (Lipinski definition) is 0. The third-order valence-electron chi connectivity index (χ3n) is 7.29. The van der Waals surface area contributed by atoms with Crippen LogP contribution in [0.1, 0.15) is 29.7 Å². The fourth-order valence-electron chi connectivity index (χ4n) is 4.93. The lowest BCUT2D eigenvalue weighted by molar-refractivity contribution is 0.801. The molecule has 0 N–H and O–H groups in total. The second-order valence-electron chi connectivity index (χ2n) is 10.1. The Balaban J connectivity index is 1.38. The number of nitrogens with zero attached hydrogens (tertiary/aromatic N) is 2. The molecule has 2 nitrogen and oxygen atoms in total. The second-order valence-corrected chi connectivity index (χ2v) is 10.1. The molecular weight excluding hydrogens is 490 g/mol. The molecule has 0 amide bonds. The lowest BCUT2D eigenvalue weighted by Crippen LogP contribution is -2.05. The highest BCUT2D eigenvalue weighted by Gasteiger charge is 2.12. The van der Waals surface area contributed by atoms with Crippen molar-refractivity contribution >= 4 is 46.7 Å². The minimum atomic E-state index is -0.562. The van der Waals surface area contributed by atoms with Gasteiger partial charge in [0, 0.05) is 11.1 Å². The van der Waals surface area contributed by atoms with Crippen LogP contribution in [-0.4, -0.2) is 19.6 Å². The molecule has 0 radical (unpaired) electrons. The summed E-state index contributed by atoms with van der Waals surface area (Å²) in [4.78, 5) is 9.42. The van der Waals surface area contributed by atoms with Gasteiger partial charge in [0.2, 0.25) is 5.97 Å². The Morgan fingerprint density at radius 3 is 1.77 bits per heavy atom. The van der Waals surface area contributed by atoms with Gasteiger partial charge in [0.25, 0.3) is 0 Å². The largest absolute Gasteiger partial charge is 0.258 e. The first-order chi connectivity index (χ1) is 19.5. The van der Waals surface area contributed by atoms with Crippen molar-refractivity contribution in [2.24, 2.45) is 9.98 Å². The molecule has 0 aliphatic heterocycles. The summed E-state index contributed by atoms with van der Waals surface area (Å²) in [7, 11) is 2.06. The van der Waals surface area contributed by atoms with Crippen LogP contribution in [0.15, 0.2) is 143 Å². The molecule has 40 heavy (non-hydrogen) atoms. The maximum absolute atomic E-state index is 15.7. The number of halogens is 1. The number of hydrogen-bond acceptors (Lipinski definition) is 1. The number of benzene rings is 6. The van der Waals surface area contributed by atoms with E-state index in [0.717, 1.165) is 38.4 Å². The van der Waals surface area contributed by atoms with Crippen LogP contribution in [-0.2, 0) is 0 Å². The van der Waals surface area contributed by atoms with Gasteiger partial charge in [-0.3, -0.25) is 4.99 Å². The normalized spacial score (nSPS) is 13.1. The minimum Gasteiger partial charge on any atom is -0.258 e. The van der Waals surface area contributed by atoms with E-state index >= 15 is 4.39 Å². The number of rotatable bonds is 5. The predicted octanol–water partition coefficient (Wildman–Crippen LogP) is 7.84. The van der Waals surface area contributed by atoms with Crippen LogP contribution in [0.5, 0.6) is 0 Å². The highest BCUT2D eigenvalue weighted by molar-refractivity contribution is 6.32. The molecule has 6 aromatic rings. The van der Waals surface area contributed by atoms with Crippen molar-refractivity contribution in [3.63, 3.8) is 0 Å². The number of fused-ring (bicyclic) bond motifs is 2. The van der Waals surface area contributed by atoms with Crippen LogP contribution in [0, 0.1) is 0 Å². The summed E-state index contributed by atoms with van der Waals surface area (Å²) in [6.07, 6.45) is 0. The summed E-state index contributed by atoms with van der Waals surface area (Å²) in [6.45, 7) is 2.02. The van der Waals surface area contributed by atoms with Gasteiger partial charge in [-0.15, -0.1) is 0 Å². The zero-order valence-corrected chi connectivity index (χ0v) is 22.6. The molecule has 6 aromatic carbocycles. The van der Waals surface area contributed by atoms with Crippen molar-refractivity contribution in [2.75, 3.05) is 0 Å². The first-order valence-electron chi connectivity index (χ1n) is 13.5. The third-order valence-corrected chi connectivity index (χ3v) is 7.29. The van der Waals surface area contributed by atoms with E-state index in [-0.39, 0.29) is 6.04 Å². The maximum atomic E-state index is 15.7. The smallest absolute Gasteiger partial charge is 0.222 e. The summed E-state index contributed by atoms with van der Waals surface area (Å²) >= 11 is 0. The Kier molecular flexibility index (Phi) is 7.07. The van der Waals surface area contributed by atoms with Crippen LogP contribution in [0.2, 0.25) is 0 Å². The van der Waals surface area contributed by atoms with E-state index in [2.05, 4.69) is 73.5 Å². The zero-order chi connectivity index (χ0) is 27.5. The quantitative estimate of drug-likeness (QED) is 0.126. The van der Waals surface area contributed by atoms with Crippen molar-refractivity contribution < 1.29 is 4.39 Å². The molecule has 0 fully saturated rings. The van der Waals surface area contributed by atoms with Crippen LogP contribution < -0.4 is 5.46 Å². The van der Waals surface area contributed by atoms with E-state index in [1.165, 1.54) is 10.8 Å². The Hall–Kier alpha value is -4.83. The Morgan fingerprint density at radius 2 is 1.12 bits per heavy atom. The molecule has 0 aliphatic carbocycles. The first-order valence-corrected chi connectivity index (χ1v) is 13.5. The summed E-state index contributed by atoms with van der Waals surface area (Å²) in [5.74, 6) is -0.195. The molecule has 1 atom stereocenters. The van der Waals surface area contributed by atoms with Crippen LogP contribution >= 0.6 is 0 Å². The van der Waals surface area contributed by atoms with Crippen LogP contribution in [0.4, 0.5) is 4.39 Å². The van der Waals surface area contributed by atoms with Gasteiger partial charge in [0.05, 0.1) is 6.04 Å². The fourth-order valence-corrected chi connectivity index (χ4v) is 4.93. The van der Waals surface area contributed by atoms with Crippen molar-refractivity contribution in [3.05, 3.63) is 150 Å². The van der Waals surface area contributed by atoms with Gasteiger partial charge in [-0.25, -0.2) is 0 Å². The van der Waals surface area contributed by atoms with E-state index in [1.54, 1.807) is 12.1 Å². The lowest BCUT2D eigenvalue weighted by atomic mass is 9.93. The summed E-state index contributed by atoms with van der Waals surface area (Å²) in [6, 6.07) is 44.2. The molecule has 0 saturated heterocycles. The average molecular weight is 518 g/mol. The standard InChI is InChI=1S/C36H28BFN2/c1-24(30-16-12-25-6-2-4-8-31(25)22-30)39-36(33-17-13-26-7-3-5-9-32(26)23-33)40-35(38)29-14-10-27(11-15-29)28-18-20-34(37)21-19-28/h2-24H,37H2,1H3/b39-36-,40-35-. The van der Waals surface area contributed by atoms with Gasteiger partial charge in [0.15, 0.2) is 5.84 Å². The molecule has 0 spiro atoms. The highest BCUT2D eigenvalue weighted by Crippen LogP contribution is 2.25. The molecule has 4 heteroatoms. The lowest BCUT2D eigenvalue weighted by Gasteiger charge is -2.12. The average Bonchev–Trinajstić information content (AvgIpc) is 3.00.